The molecule has 0 atom stereocenters. The summed E-state index contributed by atoms with van der Waals surface area (Å²) in [5.74, 6) is 1.89. The van der Waals surface area contributed by atoms with Crippen molar-refractivity contribution in [1.29, 1.82) is 0 Å². The van der Waals surface area contributed by atoms with E-state index in [1.54, 1.807) is 0 Å². The summed E-state index contributed by atoms with van der Waals surface area (Å²) >= 11 is 1.85. The predicted molar refractivity (Wildman–Crippen MR) is 258 cm³/mol. The Morgan fingerprint density at radius 3 is 1.61 bits per heavy atom. The van der Waals surface area contributed by atoms with E-state index in [-0.39, 0.29) is 0 Å². The van der Waals surface area contributed by atoms with Crippen LogP contribution in [0, 0.1) is 0 Å². The molecule has 4 heteroatoms. The van der Waals surface area contributed by atoms with E-state index in [0.29, 0.717) is 17.5 Å². The molecule has 61 heavy (non-hydrogen) atoms. The molecule has 2 aromatic heterocycles. The van der Waals surface area contributed by atoms with Crippen LogP contribution in [0.2, 0.25) is 0 Å². The van der Waals surface area contributed by atoms with Gasteiger partial charge in [-0.1, -0.05) is 194 Å². The molecule has 10 aromatic carbocycles. The predicted octanol–water partition coefficient (Wildman–Crippen LogP) is 15.7. The van der Waals surface area contributed by atoms with Crippen molar-refractivity contribution >= 4 is 63.8 Å². The lowest BCUT2D eigenvalue weighted by Crippen LogP contribution is -2.00. The molecule has 284 valence electrons. The van der Waals surface area contributed by atoms with Gasteiger partial charge in [0.1, 0.15) is 0 Å². The van der Waals surface area contributed by atoms with E-state index in [4.69, 9.17) is 15.0 Å². The van der Waals surface area contributed by atoms with Gasteiger partial charge in [0.25, 0.3) is 0 Å². The fourth-order valence-corrected chi connectivity index (χ4v) is 10.2. The van der Waals surface area contributed by atoms with Gasteiger partial charge in [-0.05, 0) is 83.9 Å². The number of aromatic nitrogens is 3. The van der Waals surface area contributed by atoms with E-state index in [0.717, 1.165) is 38.9 Å². The van der Waals surface area contributed by atoms with Gasteiger partial charge in [-0.2, -0.15) is 0 Å². The molecule has 0 saturated heterocycles. The second-order valence-corrected chi connectivity index (χ2v) is 16.6. The second kappa shape index (κ2) is 14.5. The highest BCUT2D eigenvalue weighted by atomic mass is 32.1. The molecule has 3 nitrogen and oxygen atoms in total. The maximum Gasteiger partial charge on any atom is 0.164 e. The highest BCUT2D eigenvalue weighted by Gasteiger charge is 2.17. The minimum atomic E-state index is 0.629. The van der Waals surface area contributed by atoms with Crippen molar-refractivity contribution in [3.05, 3.63) is 212 Å². The minimum Gasteiger partial charge on any atom is -0.208 e. The van der Waals surface area contributed by atoms with Crippen LogP contribution in [-0.4, -0.2) is 15.0 Å². The summed E-state index contributed by atoms with van der Waals surface area (Å²) in [6, 6.07) is 75.8. The fourth-order valence-electron chi connectivity index (χ4n) is 8.92. The van der Waals surface area contributed by atoms with E-state index in [2.05, 4.69) is 206 Å². The normalized spacial score (nSPS) is 11.6. The SMILES string of the molecule is c1ccc(-c2cccc(-c3nc(-c4ccc(-c5c6ccccc6cc6c5ccc5ccccc56)cc4)nc(-c4ccc(-c5cccc6c5sc5ccccc56)cc4)n3)c2)cc1. The zero-order chi connectivity index (χ0) is 40.3. The maximum atomic E-state index is 5.18. The highest BCUT2D eigenvalue weighted by molar-refractivity contribution is 7.26. The lowest BCUT2D eigenvalue weighted by atomic mass is 9.89. The summed E-state index contributed by atoms with van der Waals surface area (Å²) in [6.45, 7) is 0. The number of fused-ring (bicyclic) bond motifs is 7. The van der Waals surface area contributed by atoms with Crippen LogP contribution >= 0.6 is 11.3 Å². The molecule has 0 aliphatic heterocycles. The summed E-state index contributed by atoms with van der Waals surface area (Å²) in [6.07, 6.45) is 0. The molecule has 0 bridgehead atoms. The molecule has 0 aliphatic carbocycles. The highest BCUT2D eigenvalue weighted by Crippen LogP contribution is 2.42. The standard InChI is InChI=1S/C57H35N3S/c1-2-12-36(13-3-1)42-16-10-17-44(34-42)57-59-55(40-28-24-38(25-29-40)47-21-11-22-50-48-20-8-9-23-52(48)61-54(47)50)58-56(60-57)41-30-26-39(27-31-41)53-46-19-7-5-15-43(46)35-51-45-18-6-4-14-37(45)32-33-49(51)53/h1-35H. The van der Waals surface area contributed by atoms with E-state index in [1.165, 1.54) is 63.6 Å². The monoisotopic (exact) mass is 793 g/mol. The number of hydrogen-bond acceptors (Lipinski definition) is 4. The van der Waals surface area contributed by atoms with Crippen LogP contribution in [0.3, 0.4) is 0 Å². The molecule has 0 radical (unpaired) electrons. The average molecular weight is 794 g/mol. The topological polar surface area (TPSA) is 38.7 Å². The summed E-state index contributed by atoms with van der Waals surface area (Å²) in [7, 11) is 0. The lowest BCUT2D eigenvalue weighted by molar-refractivity contribution is 1.07. The van der Waals surface area contributed by atoms with Gasteiger partial charge in [0.15, 0.2) is 17.5 Å². The Morgan fingerprint density at radius 2 is 0.836 bits per heavy atom. The Balaban J connectivity index is 0.981. The molecule has 2 heterocycles. The third-order valence-electron chi connectivity index (χ3n) is 11.9. The molecule has 0 N–H and O–H groups in total. The van der Waals surface area contributed by atoms with E-state index >= 15 is 0 Å². The van der Waals surface area contributed by atoms with Crippen molar-refractivity contribution in [2.45, 2.75) is 0 Å². The lowest BCUT2D eigenvalue weighted by Gasteiger charge is -2.14. The third kappa shape index (κ3) is 6.16. The van der Waals surface area contributed by atoms with Crippen molar-refractivity contribution in [3.8, 4) is 67.5 Å². The zero-order valence-electron chi connectivity index (χ0n) is 33.0. The second-order valence-electron chi connectivity index (χ2n) is 15.5. The first-order valence-corrected chi connectivity index (χ1v) is 21.4. The first-order valence-electron chi connectivity index (χ1n) is 20.6. The Hall–Kier alpha value is -7.79. The largest absolute Gasteiger partial charge is 0.208 e. The number of rotatable bonds is 6. The van der Waals surface area contributed by atoms with Gasteiger partial charge in [0.2, 0.25) is 0 Å². The van der Waals surface area contributed by atoms with Gasteiger partial charge >= 0.3 is 0 Å². The van der Waals surface area contributed by atoms with Gasteiger partial charge in [0.05, 0.1) is 0 Å². The van der Waals surface area contributed by atoms with Crippen molar-refractivity contribution in [2.24, 2.45) is 0 Å². The quantitative estimate of drug-likeness (QED) is 0.124. The number of nitrogens with zero attached hydrogens (tertiary/aromatic N) is 3. The fraction of sp³-hybridized carbons (Fsp3) is 0. The summed E-state index contributed by atoms with van der Waals surface area (Å²) in [5, 5.41) is 10.0. The molecule has 0 fully saturated rings. The number of thiophene rings is 1. The summed E-state index contributed by atoms with van der Waals surface area (Å²) in [4.78, 5) is 15.5. The Labute approximate surface area is 356 Å². The Morgan fingerprint density at radius 1 is 0.279 bits per heavy atom. The van der Waals surface area contributed by atoms with E-state index in [9.17, 15) is 0 Å². The van der Waals surface area contributed by atoms with Crippen LogP contribution in [0.25, 0.3) is 120 Å². The van der Waals surface area contributed by atoms with Crippen LogP contribution in [-0.2, 0) is 0 Å². The van der Waals surface area contributed by atoms with Crippen LogP contribution in [0.5, 0.6) is 0 Å². The number of benzene rings is 10. The van der Waals surface area contributed by atoms with Crippen LogP contribution < -0.4 is 0 Å². The van der Waals surface area contributed by atoms with Crippen molar-refractivity contribution in [3.63, 3.8) is 0 Å². The third-order valence-corrected chi connectivity index (χ3v) is 13.1. The average Bonchev–Trinajstić information content (AvgIpc) is 3.73. The molecular weight excluding hydrogens is 759 g/mol. The van der Waals surface area contributed by atoms with Crippen molar-refractivity contribution in [2.75, 3.05) is 0 Å². The van der Waals surface area contributed by atoms with Gasteiger partial charge in [-0.25, -0.2) is 15.0 Å². The summed E-state index contributed by atoms with van der Waals surface area (Å²) in [5.41, 5.74) is 9.82. The first-order chi connectivity index (χ1) is 30.2. The molecule has 0 saturated carbocycles. The minimum absolute atomic E-state index is 0.629. The van der Waals surface area contributed by atoms with Gasteiger partial charge in [-0.3, -0.25) is 0 Å². The Bertz CT molecular complexity index is 3630. The van der Waals surface area contributed by atoms with Crippen LogP contribution in [0.15, 0.2) is 212 Å². The zero-order valence-corrected chi connectivity index (χ0v) is 33.8. The maximum absolute atomic E-state index is 5.18. The summed E-state index contributed by atoms with van der Waals surface area (Å²) < 4.78 is 2.60. The molecule has 12 aromatic rings. The molecule has 0 spiro atoms. The van der Waals surface area contributed by atoms with Crippen molar-refractivity contribution in [1.82, 2.24) is 15.0 Å². The van der Waals surface area contributed by atoms with Gasteiger partial charge < -0.3 is 0 Å². The van der Waals surface area contributed by atoms with Crippen molar-refractivity contribution < 1.29 is 0 Å². The molecule has 0 amide bonds. The van der Waals surface area contributed by atoms with Crippen LogP contribution in [0.4, 0.5) is 0 Å². The van der Waals surface area contributed by atoms with Gasteiger partial charge in [-0.15, -0.1) is 11.3 Å². The molecule has 0 unspecified atom stereocenters. The molecule has 0 aliphatic rings. The Kier molecular flexibility index (Phi) is 8.36. The molecule has 12 rings (SSSR count). The smallest absolute Gasteiger partial charge is 0.164 e. The number of hydrogen-bond donors (Lipinski definition) is 0. The first kappa shape index (κ1) is 35.2. The van der Waals surface area contributed by atoms with E-state index < -0.39 is 0 Å². The van der Waals surface area contributed by atoms with Crippen LogP contribution in [0.1, 0.15) is 0 Å². The van der Waals surface area contributed by atoms with E-state index in [1.807, 2.05) is 17.4 Å². The molecular formula is C57H35N3S. The van der Waals surface area contributed by atoms with Gasteiger partial charge in [0, 0.05) is 36.9 Å².